The first-order valence-electron chi connectivity index (χ1n) is 14.6. The van der Waals surface area contributed by atoms with E-state index >= 15 is 8.78 Å². The standard InChI is InChI=1S/C32H21Cl2F5N4O6/c1-2-49-18-10-6-9-16(26(18)44)19-15-11-12-40-29(47)41(14-7-4-3-5-8-14)30(48)43(40)17(15)13-31(33)27(45)42(28(46)32(19,31)34)25-23(38)21(36)20(35)22(37)24(25)39/h3-11,17,19,44H,2,12-13H2,1H3. The number of para-hydroxylation sites is 2. The summed E-state index contributed by atoms with van der Waals surface area (Å²) in [7, 11) is 0. The zero-order valence-corrected chi connectivity index (χ0v) is 26.4. The number of alkyl halides is 2. The lowest BCUT2D eigenvalue weighted by Gasteiger charge is -2.49. The number of allylic oxidation sites excluding steroid dienone is 2. The number of amides is 2. The monoisotopic (exact) mass is 722 g/mol. The van der Waals surface area contributed by atoms with Crippen molar-refractivity contribution in [2.24, 2.45) is 0 Å². The minimum Gasteiger partial charge on any atom is -0.504 e. The van der Waals surface area contributed by atoms with Gasteiger partial charge in [0.05, 0.1) is 24.9 Å². The number of aromatic nitrogens is 3. The summed E-state index contributed by atoms with van der Waals surface area (Å²) in [6, 6.07) is 10.5. The van der Waals surface area contributed by atoms with Gasteiger partial charge in [0.1, 0.15) is 5.69 Å². The van der Waals surface area contributed by atoms with E-state index in [0.717, 1.165) is 13.9 Å². The van der Waals surface area contributed by atoms with Crippen LogP contribution in [0.4, 0.5) is 27.6 Å². The van der Waals surface area contributed by atoms with Crippen LogP contribution in [0.15, 0.2) is 69.8 Å². The van der Waals surface area contributed by atoms with Crippen molar-refractivity contribution < 1.29 is 41.4 Å². The van der Waals surface area contributed by atoms with Gasteiger partial charge in [-0.1, -0.05) is 36.4 Å². The lowest BCUT2D eigenvalue weighted by Crippen LogP contribution is -2.59. The van der Waals surface area contributed by atoms with E-state index in [1.807, 2.05) is 0 Å². The lowest BCUT2D eigenvalue weighted by atomic mass is 9.64. The van der Waals surface area contributed by atoms with Crippen molar-refractivity contribution >= 4 is 40.7 Å². The minimum absolute atomic E-state index is 0.0680. The predicted molar refractivity (Wildman–Crippen MR) is 164 cm³/mol. The summed E-state index contributed by atoms with van der Waals surface area (Å²) in [5, 5.41) is 11.4. The van der Waals surface area contributed by atoms with E-state index in [2.05, 4.69) is 0 Å². The Balaban J connectivity index is 1.51. The van der Waals surface area contributed by atoms with Crippen molar-refractivity contribution in [3.63, 3.8) is 0 Å². The minimum atomic E-state index is -2.81. The number of carbonyl (C=O) groups excluding carboxylic acids is 2. The summed E-state index contributed by atoms with van der Waals surface area (Å²) in [5.74, 6) is -18.1. The Labute approximate surface area is 281 Å². The molecule has 2 amide bonds. The molecule has 1 aliphatic carbocycles. The molecule has 1 N–H and O–H groups in total. The lowest BCUT2D eigenvalue weighted by molar-refractivity contribution is -0.122. The third-order valence-corrected chi connectivity index (χ3v) is 10.6. The first-order chi connectivity index (χ1) is 23.2. The predicted octanol–water partition coefficient (Wildman–Crippen LogP) is 4.80. The third kappa shape index (κ3) is 4.11. The smallest absolute Gasteiger partial charge is 0.352 e. The summed E-state index contributed by atoms with van der Waals surface area (Å²) in [4.78, 5) is 50.3. The molecule has 1 saturated carbocycles. The molecule has 4 aromatic rings. The molecule has 4 unspecified atom stereocenters. The molecule has 1 aromatic heterocycles. The molecule has 254 valence electrons. The number of halogens is 7. The maximum absolute atomic E-state index is 15.2. The number of aromatic hydroxyl groups is 1. The van der Waals surface area contributed by atoms with Crippen LogP contribution in [-0.2, 0) is 16.1 Å². The topological polar surface area (TPSA) is 116 Å². The first-order valence-corrected chi connectivity index (χ1v) is 15.4. The Bertz CT molecular complexity index is 2240. The zero-order chi connectivity index (χ0) is 35.3. The van der Waals surface area contributed by atoms with Crippen LogP contribution in [0.25, 0.3) is 5.69 Å². The number of benzene rings is 3. The van der Waals surface area contributed by atoms with Gasteiger partial charge in [-0.15, -0.1) is 23.2 Å². The van der Waals surface area contributed by atoms with Crippen LogP contribution >= 0.6 is 23.2 Å². The molecule has 10 nitrogen and oxygen atoms in total. The number of rotatable bonds is 5. The fourth-order valence-electron chi connectivity index (χ4n) is 7.02. The molecule has 17 heteroatoms. The highest BCUT2D eigenvalue weighted by molar-refractivity contribution is 6.58. The Morgan fingerprint density at radius 3 is 2.12 bits per heavy atom. The van der Waals surface area contributed by atoms with E-state index < -0.39 is 91.8 Å². The van der Waals surface area contributed by atoms with Gasteiger partial charge in [0.25, 0.3) is 11.8 Å². The molecule has 0 bridgehead atoms. The van der Waals surface area contributed by atoms with E-state index in [1.54, 1.807) is 25.1 Å². The van der Waals surface area contributed by atoms with Crippen molar-refractivity contribution in [2.75, 3.05) is 11.5 Å². The van der Waals surface area contributed by atoms with Crippen LogP contribution in [-0.4, -0.2) is 47.2 Å². The van der Waals surface area contributed by atoms with Crippen molar-refractivity contribution in [1.29, 1.82) is 0 Å². The zero-order valence-electron chi connectivity index (χ0n) is 24.9. The van der Waals surface area contributed by atoms with Crippen molar-refractivity contribution in [2.45, 2.75) is 41.6 Å². The average molecular weight is 723 g/mol. The fraction of sp³-hybridized carbons (Fsp3) is 0.250. The summed E-state index contributed by atoms with van der Waals surface area (Å²) in [6.45, 7) is 1.40. The first kappa shape index (κ1) is 32.6. The maximum atomic E-state index is 15.2. The highest BCUT2D eigenvalue weighted by Gasteiger charge is 2.76. The van der Waals surface area contributed by atoms with E-state index in [0.29, 0.717) is 0 Å². The van der Waals surface area contributed by atoms with Gasteiger partial charge in [-0.05, 0) is 30.7 Å². The Kier molecular flexibility index (Phi) is 7.37. The molecule has 3 aromatic carbocycles. The molecule has 2 fully saturated rings. The van der Waals surface area contributed by atoms with E-state index in [1.165, 1.54) is 36.4 Å². The molecular weight excluding hydrogens is 702 g/mol. The highest BCUT2D eigenvalue weighted by atomic mass is 35.5. The molecule has 4 atom stereocenters. The van der Waals surface area contributed by atoms with Crippen LogP contribution in [0.1, 0.15) is 30.9 Å². The maximum Gasteiger partial charge on any atom is 0.352 e. The fourth-order valence-corrected chi connectivity index (χ4v) is 7.92. The van der Waals surface area contributed by atoms with Crippen LogP contribution < -0.4 is 21.0 Å². The van der Waals surface area contributed by atoms with Gasteiger partial charge in [0.2, 0.25) is 5.82 Å². The number of phenols is 1. The number of ether oxygens (including phenoxy) is 1. The summed E-state index contributed by atoms with van der Waals surface area (Å²) >= 11 is 14.2. The van der Waals surface area contributed by atoms with Gasteiger partial charge in [-0.25, -0.2) is 50.4 Å². The van der Waals surface area contributed by atoms with Gasteiger partial charge < -0.3 is 9.84 Å². The average Bonchev–Trinajstić information content (AvgIpc) is 3.43. The van der Waals surface area contributed by atoms with E-state index in [4.69, 9.17) is 27.9 Å². The molecule has 2 aliphatic heterocycles. The Morgan fingerprint density at radius 2 is 1.49 bits per heavy atom. The number of nitrogens with zero attached hydrogens (tertiary/aromatic N) is 4. The van der Waals surface area contributed by atoms with E-state index in [-0.39, 0.29) is 40.6 Å². The van der Waals surface area contributed by atoms with Crippen molar-refractivity contribution in [3.8, 4) is 17.2 Å². The molecule has 3 heterocycles. The number of hydrogen-bond acceptors (Lipinski definition) is 6. The largest absolute Gasteiger partial charge is 0.504 e. The van der Waals surface area contributed by atoms with Gasteiger partial charge in [0.15, 0.2) is 44.5 Å². The third-order valence-electron chi connectivity index (χ3n) is 9.14. The van der Waals surface area contributed by atoms with Gasteiger partial charge in [-0.3, -0.25) is 9.59 Å². The molecule has 1 saturated heterocycles. The second-order valence-electron chi connectivity index (χ2n) is 11.5. The number of carbonyl (C=O) groups is 2. The van der Waals surface area contributed by atoms with Gasteiger partial charge >= 0.3 is 11.4 Å². The number of hydrogen-bond donors (Lipinski definition) is 1. The molecule has 49 heavy (non-hydrogen) atoms. The van der Waals surface area contributed by atoms with E-state index in [9.17, 15) is 37.5 Å². The molecule has 3 aliphatic rings. The van der Waals surface area contributed by atoms with Crippen LogP contribution in [0, 0.1) is 29.1 Å². The van der Waals surface area contributed by atoms with Crippen LogP contribution in [0.2, 0.25) is 0 Å². The van der Waals surface area contributed by atoms with Crippen LogP contribution in [0.5, 0.6) is 11.5 Å². The second-order valence-corrected chi connectivity index (χ2v) is 12.8. The molecular formula is C32H21Cl2F5N4O6. The second kappa shape index (κ2) is 11.1. The number of imide groups is 1. The van der Waals surface area contributed by atoms with Gasteiger partial charge in [0, 0.05) is 17.9 Å². The summed E-state index contributed by atoms with van der Waals surface area (Å²) < 4.78 is 81.6. The molecule has 7 rings (SSSR count). The number of phenolic OH excluding ortho intramolecular Hbond substituents is 1. The molecule has 0 radical (unpaired) electrons. The van der Waals surface area contributed by atoms with Crippen molar-refractivity contribution in [1.82, 2.24) is 13.9 Å². The number of fused-ring (bicyclic) bond motifs is 4. The SMILES string of the molecule is CCOc1cccc(C2C3=CCn4c(=O)n(-c5ccccc5)c(=O)n4C3CC3(Cl)C(=O)N(c4c(F)c(F)c(F)c(F)c4F)C(=O)C23Cl)c1O. The Hall–Kier alpha value is -4.89. The summed E-state index contributed by atoms with van der Waals surface area (Å²) in [6.07, 6.45) is 0.651. The van der Waals surface area contributed by atoms with Gasteiger partial charge in [-0.2, -0.15) is 0 Å². The quantitative estimate of drug-likeness (QED) is 0.0791. The molecule has 0 spiro atoms. The number of anilines is 1. The summed E-state index contributed by atoms with van der Waals surface area (Å²) in [5.41, 5.74) is -3.49. The Morgan fingerprint density at radius 1 is 0.857 bits per heavy atom. The highest BCUT2D eigenvalue weighted by Crippen LogP contribution is 2.65. The normalized spacial score (nSPS) is 24.4. The van der Waals surface area contributed by atoms with Crippen molar-refractivity contribution in [3.05, 3.63) is 116 Å². The van der Waals surface area contributed by atoms with Crippen LogP contribution in [0.3, 0.4) is 0 Å².